The quantitative estimate of drug-likeness (QED) is 0.647. The highest BCUT2D eigenvalue weighted by Crippen LogP contribution is 2.39. The van der Waals surface area contributed by atoms with Gasteiger partial charge in [-0.05, 0) is 50.1 Å². The molecule has 0 aliphatic carbocycles. The Hall–Kier alpha value is -2.66. The molecule has 1 amide bonds. The fourth-order valence-corrected chi connectivity index (χ4v) is 4.46. The molecule has 4 rings (SSSR count). The van der Waals surface area contributed by atoms with Crippen LogP contribution in [0.3, 0.4) is 0 Å². The molecule has 26 heavy (non-hydrogen) atoms. The lowest BCUT2D eigenvalue weighted by atomic mass is 10.00. The van der Waals surface area contributed by atoms with Crippen LogP contribution in [-0.4, -0.2) is 17.4 Å². The number of nitrogens with two attached hydrogens (primary N) is 1. The minimum Gasteiger partial charge on any atom is -0.399 e. The summed E-state index contributed by atoms with van der Waals surface area (Å²) >= 11 is 1.72. The number of carbonyl (C=O) groups excluding carboxylic acids is 1. The van der Waals surface area contributed by atoms with Crippen molar-refractivity contribution in [3.05, 3.63) is 63.0 Å². The number of hydrogen-bond acceptors (Lipinski definition) is 4. The first-order valence-corrected chi connectivity index (χ1v) is 9.52. The van der Waals surface area contributed by atoms with Crippen LogP contribution in [0, 0.1) is 20.8 Å². The van der Waals surface area contributed by atoms with Crippen molar-refractivity contribution in [2.24, 2.45) is 0 Å². The summed E-state index contributed by atoms with van der Waals surface area (Å²) in [6, 6.07) is 11.7. The van der Waals surface area contributed by atoms with Gasteiger partial charge in [0.15, 0.2) is 0 Å². The van der Waals surface area contributed by atoms with Crippen molar-refractivity contribution in [1.82, 2.24) is 4.98 Å². The van der Waals surface area contributed by atoms with Crippen LogP contribution < -0.4 is 10.6 Å². The van der Waals surface area contributed by atoms with Crippen molar-refractivity contribution in [3.63, 3.8) is 0 Å². The zero-order valence-electron chi connectivity index (χ0n) is 15.2. The number of rotatable bonds is 1. The van der Waals surface area contributed by atoms with E-state index in [2.05, 4.69) is 6.07 Å². The van der Waals surface area contributed by atoms with Gasteiger partial charge in [-0.15, -0.1) is 11.3 Å². The van der Waals surface area contributed by atoms with E-state index < -0.39 is 0 Å². The van der Waals surface area contributed by atoms with Gasteiger partial charge in [0.25, 0.3) is 5.91 Å². The largest absolute Gasteiger partial charge is 0.399 e. The van der Waals surface area contributed by atoms with Crippen molar-refractivity contribution in [2.45, 2.75) is 27.2 Å². The molecular formula is C21H21N3OS. The third-order valence-electron chi connectivity index (χ3n) is 5.12. The second-order valence-corrected chi connectivity index (χ2v) is 7.97. The van der Waals surface area contributed by atoms with Crippen LogP contribution in [0.1, 0.15) is 31.4 Å². The number of para-hydroxylation sites is 1. The van der Waals surface area contributed by atoms with Crippen molar-refractivity contribution in [1.29, 1.82) is 0 Å². The molecule has 0 radical (unpaired) electrons. The molecule has 1 aliphatic heterocycles. The van der Waals surface area contributed by atoms with Crippen LogP contribution in [0.2, 0.25) is 0 Å². The number of nitrogen functional groups attached to an aromatic ring is 1. The van der Waals surface area contributed by atoms with Gasteiger partial charge in [0.05, 0.1) is 16.4 Å². The van der Waals surface area contributed by atoms with E-state index in [4.69, 9.17) is 10.7 Å². The number of thiazole rings is 1. The van der Waals surface area contributed by atoms with Crippen molar-refractivity contribution < 1.29 is 4.79 Å². The van der Waals surface area contributed by atoms with Crippen LogP contribution in [0.15, 0.2) is 36.4 Å². The summed E-state index contributed by atoms with van der Waals surface area (Å²) in [6.45, 7) is 6.60. The number of fused-ring (bicyclic) bond motifs is 3. The van der Waals surface area contributed by atoms with Gasteiger partial charge in [-0.1, -0.05) is 18.2 Å². The molecule has 0 unspecified atom stereocenters. The van der Waals surface area contributed by atoms with Gasteiger partial charge in [0, 0.05) is 34.7 Å². The lowest BCUT2D eigenvalue weighted by molar-refractivity contribution is 0.0987. The van der Waals surface area contributed by atoms with Crippen LogP contribution in [0.25, 0.3) is 11.3 Å². The fourth-order valence-electron chi connectivity index (χ4n) is 3.52. The second-order valence-electron chi connectivity index (χ2n) is 6.68. The Morgan fingerprint density at radius 2 is 1.88 bits per heavy atom. The molecule has 0 spiro atoms. The maximum Gasteiger partial charge on any atom is 0.258 e. The minimum absolute atomic E-state index is 0.0184. The molecule has 2 aromatic carbocycles. The van der Waals surface area contributed by atoms with Crippen LogP contribution in [0.4, 0.5) is 11.4 Å². The van der Waals surface area contributed by atoms with E-state index in [1.54, 1.807) is 11.3 Å². The maximum atomic E-state index is 13.4. The standard InChI is InChI=1S/C21H21N3OS/c1-12-13(2)17(22)9-8-15(12)21(25)24-11-10-19-20(23-14(3)26-19)16-6-4-5-7-18(16)24/h4-9H,10-11,22H2,1-3H3. The van der Waals surface area contributed by atoms with Crippen LogP contribution in [0.5, 0.6) is 0 Å². The second kappa shape index (κ2) is 6.25. The van der Waals surface area contributed by atoms with Crippen molar-refractivity contribution in [3.8, 4) is 11.3 Å². The minimum atomic E-state index is 0.0184. The van der Waals surface area contributed by atoms with Crippen LogP contribution in [-0.2, 0) is 6.42 Å². The summed E-state index contributed by atoms with van der Waals surface area (Å²) in [5.41, 5.74) is 12.3. The van der Waals surface area contributed by atoms with Gasteiger partial charge < -0.3 is 10.6 Å². The SMILES string of the molecule is Cc1nc2c(s1)CCN(C(=O)c1ccc(N)c(C)c1C)c1ccccc1-2. The molecule has 2 N–H and O–H groups in total. The highest BCUT2D eigenvalue weighted by Gasteiger charge is 2.27. The Morgan fingerprint density at radius 3 is 2.69 bits per heavy atom. The highest BCUT2D eigenvalue weighted by molar-refractivity contribution is 7.12. The summed E-state index contributed by atoms with van der Waals surface area (Å²) < 4.78 is 0. The van der Waals surface area contributed by atoms with E-state index in [0.29, 0.717) is 12.1 Å². The molecule has 1 aliphatic rings. The lowest BCUT2D eigenvalue weighted by Crippen LogP contribution is -2.33. The molecule has 0 atom stereocenters. The Kier molecular flexibility index (Phi) is 4.04. The topological polar surface area (TPSA) is 59.2 Å². The van der Waals surface area contributed by atoms with E-state index in [-0.39, 0.29) is 5.91 Å². The molecule has 5 heteroatoms. The summed E-state index contributed by atoms with van der Waals surface area (Å²) in [7, 11) is 0. The summed E-state index contributed by atoms with van der Waals surface area (Å²) in [5, 5.41) is 1.06. The van der Waals surface area contributed by atoms with Gasteiger partial charge in [-0.25, -0.2) is 4.98 Å². The molecule has 1 aromatic heterocycles. The molecule has 132 valence electrons. The number of nitrogens with zero attached hydrogens (tertiary/aromatic N) is 2. The number of hydrogen-bond donors (Lipinski definition) is 1. The predicted octanol–water partition coefficient (Wildman–Crippen LogP) is 4.52. The normalized spacial score (nSPS) is 13.1. The van der Waals surface area contributed by atoms with E-state index in [9.17, 15) is 4.79 Å². The molecule has 0 fully saturated rings. The van der Waals surface area contributed by atoms with Crippen LogP contribution >= 0.6 is 11.3 Å². The number of carbonyl (C=O) groups is 1. The Balaban J connectivity index is 1.83. The van der Waals surface area contributed by atoms with E-state index in [0.717, 1.165) is 45.2 Å². The monoisotopic (exact) mass is 363 g/mol. The van der Waals surface area contributed by atoms with Gasteiger partial charge in [0.1, 0.15) is 0 Å². The summed E-state index contributed by atoms with van der Waals surface area (Å²) in [5.74, 6) is 0.0184. The first kappa shape index (κ1) is 16.8. The number of amides is 1. The smallest absolute Gasteiger partial charge is 0.258 e. The third kappa shape index (κ3) is 2.59. The molecule has 0 saturated carbocycles. The number of anilines is 2. The van der Waals surface area contributed by atoms with Gasteiger partial charge in [-0.3, -0.25) is 4.79 Å². The maximum absolute atomic E-state index is 13.4. The first-order chi connectivity index (χ1) is 12.5. The third-order valence-corrected chi connectivity index (χ3v) is 6.15. The highest BCUT2D eigenvalue weighted by atomic mass is 32.1. The van der Waals surface area contributed by atoms with Gasteiger partial charge in [-0.2, -0.15) is 0 Å². The summed E-state index contributed by atoms with van der Waals surface area (Å²) in [6.07, 6.45) is 0.814. The number of benzene rings is 2. The number of aryl methyl sites for hydroxylation is 1. The van der Waals surface area contributed by atoms with Crippen molar-refractivity contribution >= 4 is 28.6 Å². The molecule has 0 saturated heterocycles. The molecule has 3 aromatic rings. The van der Waals surface area contributed by atoms with E-state index in [1.165, 1.54) is 4.88 Å². The van der Waals surface area contributed by atoms with Gasteiger partial charge in [0.2, 0.25) is 0 Å². The summed E-state index contributed by atoms with van der Waals surface area (Å²) in [4.78, 5) is 21.3. The predicted molar refractivity (Wildman–Crippen MR) is 108 cm³/mol. The Labute approximate surface area is 157 Å². The van der Waals surface area contributed by atoms with E-state index in [1.807, 2.05) is 56.0 Å². The Bertz CT molecular complexity index is 1020. The Morgan fingerprint density at radius 1 is 1.12 bits per heavy atom. The zero-order valence-corrected chi connectivity index (χ0v) is 16.0. The van der Waals surface area contributed by atoms with Gasteiger partial charge >= 0.3 is 0 Å². The van der Waals surface area contributed by atoms with Crippen molar-refractivity contribution in [2.75, 3.05) is 17.2 Å². The molecule has 0 bridgehead atoms. The average Bonchev–Trinajstić information content (AvgIpc) is 2.93. The molecule has 4 nitrogen and oxygen atoms in total. The zero-order chi connectivity index (χ0) is 18.4. The molecular weight excluding hydrogens is 342 g/mol. The van der Waals surface area contributed by atoms with E-state index >= 15 is 0 Å². The number of aromatic nitrogens is 1. The average molecular weight is 363 g/mol. The lowest BCUT2D eigenvalue weighted by Gasteiger charge is -2.24. The first-order valence-electron chi connectivity index (χ1n) is 8.70. The fraction of sp³-hybridized carbons (Fsp3) is 0.238. The molecule has 2 heterocycles.